The largest absolute Gasteiger partial charge is 0.418 e. The Morgan fingerprint density at radius 2 is 1.57 bits per heavy atom. The molecule has 0 saturated carbocycles. The molecule has 0 atom stereocenters. The molecule has 9 heteroatoms. The minimum Gasteiger partial charge on any atom is -0.245 e. The van der Waals surface area contributed by atoms with Crippen molar-refractivity contribution in [2.75, 3.05) is 0 Å². The molecule has 0 N–H and O–H groups in total. The van der Waals surface area contributed by atoms with Gasteiger partial charge in [-0.25, -0.2) is 23.9 Å². The number of halogens is 3. The van der Waals surface area contributed by atoms with Gasteiger partial charge in [0, 0.05) is 13.1 Å². The highest BCUT2D eigenvalue weighted by atomic mass is 19.4. The van der Waals surface area contributed by atoms with E-state index in [0.717, 1.165) is 23.5 Å². The van der Waals surface area contributed by atoms with E-state index in [1.54, 1.807) is 0 Å². The molecule has 0 aliphatic carbocycles. The second kappa shape index (κ2) is 5.10. The van der Waals surface area contributed by atoms with E-state index < -0.39 is 23.1 Å². The van der Waals surface area contributed by atoms with Gasteiger partial charge < -0.3 is 0 Å². The molecule has 1 aliphatic heterocycles. The normalized spacial score (nSPS) is 14.8. The number of rotatable bonds is 1. The Morgan fingerprint density at radius 1 is 1.04 bits per heavy atom. The van der Waals surface area contributed by atoms with Gasteiger partial charge in [0.2, 0.25) is 0 Å². The third kappa shape index (κ3) is 2.40. The Kier molecular flexibility index (Phi) is 3.46. The predicted molar refractivity (Wildman–Crippen MR) is 75.8 cm³/mol. The van der Waals surface area contributed by atoms with Crippen LogP contribution in [0.1, 0.15) is 29.7 Å². The summed E-state index contributed by atoms with van der Waals surface area (Å²) >= 11 is 0. The molecule has 0 aromatic carbocycles. The van der Waals surface area contributed by atoms with Crippen LogP contribution in [0.3, 0.4) is 0 Å². The van der Waals surface area contributed by atoms with Crippen LogP contribution in [0.15, 0.2) is 15.7 Å². The van der Waals surface area contributed by atoms with Crippen LogP contribution < -0.4 is 11.4 Å². The molecule has 0 bridgehead atoms. The molecular weight excluding hydrogens is 313 g/mol. The highest BCUT2D eigenvalue weighted by Crippen LogP contribution is 2.32. The van der Waals surface area contributed by atoms with Crippen molar-refractivity contribution in [2.45, 2.75) is 46.0 Å². The molecule has 1 aliphatic rings. The molecule has 2 aromatic rings. The Labute approximate surface area is 128 Å². The molecule has 0 amide bonds. The van der Waals surface area contributed by atoms with Crippen LogP contribution in [-0.2, 0) is 19.3 Å². The molecule has 6 nitrogen and oxygen atoms in total. The summed E-state index contributed by atoms with van der Waals surface area (Å²) in [6, 6.07) is 0.921. The zero-order valence-electron chi connectivity index (χ0n) is 12.6. The summed E-state index contributed by atoms with van der Waals surface area (Å²) in [4.78, 5) is 28.7. The molecule has 2 aromatic heterocycles. The average molecular weight is 328 g/mol. The lowest BCUT2D eigenvalue weighted by molar-refractivity contribution is -0.138. The average Bonchev–Trinajstić information content (AvgIpc) is 2.73. The fourth-order valence-corrected chi connectivity index (χ4v) is 2.86. The lowest BCUT2D eigenvalue weighted by Crippen LogP contribution is -2.30. The van der Waals surface area contributed by atoms with Gasteiger partial charge >= 0.3 is 17.6 Å². The maximum Gasteiger partial charge on any atom is 0.418 e. The van der Waals surface area contributed by atoms with Crippen LogP contribution in [0.2, 0.25) is 0 Å². The van der Waals surface area contributed by atoms with E-state index in [-0.39, 0.29) is 17.1 Å². The van der Waals surface area contributed by atoms with Gasteiger partial charge in [-0.3, -0.25) is 0 Å². The van der Waals surface area contributed by atoms with Crippen LogP contribution in [-0.4, -0.2) is 18.9 Å². The zero-order chi connectivity index (χ0) is 16.9. The first-order valence-electron chi connectivity index (χ1n) is 7.20. The van der Waals surface area contributed by atoms with Gasteiger partial charge in [-0.15, -0.1) is 0 Å². The van der Waals surface area contributed by atoms with Crippen molar-refractivity contribution in [3.63, 3.8) is 0 Å². The Balaban J connectivity index is 2.25. The van der Waals surface area contributed by atoms with Gasteiger partial charge in [-0.2, -0.15) is 17.7 Å². The summed E-state index contributed by atoms with van der Waals surface area (Å²) in [6.45, 7) is 3.45. The van der Waals surface area contributed by atoms with Crippen LogP contribution in [0, 0.1) is 13.8 Å². The first kappa shape index (κ1) is 15.6. The van der Waals surface area contributed by atoms with E-state index in [2.05, 4.69) is 4.98 Å². The molecule has 3 rings (SSSR count). The van der Waals surface area contributed by atoms with E-state index in [0.29, 0.717) is 13.1 Å². The van der Waals surface area contributed by atoms with Crippen molar-refractivity contribution < 1.29 is 13.2 Å². The summed E-state index contributed by atoms with van der Waals surface area (Å²) in [5, 5.41) is 0. The van der Waals surface area contributed by atoms with E-state index in [9.17, 15) is 22.8 Å². The summed E-state index contributed by atoms with van der Waals surface area (Å²) in [7, 11) is 0. The molecule has 0 unspecified atom stereocenters. The summed E-state index contributed by atoms with van der Waals surface area (Å²) in [5.74, 6) is -0.0418. The molecule has 3 heterocycles. The van der Waals surface area contributed by atoms with Crippen LogP contribution in [0.25, 0.3) is 5.82 Å². The lowest BCUT2D eigenvalue weighted by atomic mass is 10.1. The summed E-state index contributed by atoms with van der Waals surface area (Å²) in [5.41, 5.74) is -2.13. The van der Waals surface area contributed by atoms with Crippen LogP contribution in [0.4, 0.5) is 13.2 Å². The maximum atomic E-state index is 12.9. The van der Waals surface area contributed by atoms with Gasteiger partial charge in [0.25, 0.3) is 0 Å². The quantitative estimate of drug-likeness (QED) is 0.799. The third-order valence-corrected chi connectivity index (χ3v) is 4.00. The lowest BCUT2D eigenvalue weighted by Gasteiger charge is -2.13. The molecule has 0 radical (unpaired) electrons. The van der Waals surface area contributed by atoms with Crippen molar-refractivity contribution >= 4 is 0 Å². The SMILES string of the molecule is Cc1cc(C(F)(F)F)c(C)nc1-n1c(=O)n2n(c1=O)CCCC2. The van der Waals surface area contributed by atoms with Crippen molar-refractivity contribution in [1.82, 2.24) is 18.9 Å². The molecule has 23 heavy (non-hydrogen) atoms. The Hall–Kier alpha value is -2.32. The van der Waals surface area contributed by atoms with Gasteiger partial charge in [0.1, 0.15) is 5.82 Å². The summed E-state index contributed by atoms with van der Waals surface area (Å²) < 4.78 is 42.3. The van der Waals surface area contributed by atoms with E-state index in [1.807, 2.05) is 0 Å². The van der Waals surface area contributed by atoms with Gasteiger partial charge in [-0.1, -0.05) is 0 Å². The predicted octanol–water partition coefficient (Wildman–Crippen LogP) is 1.63. The number of hydrogen-bond donors (Lipinski definition) is 0. The third-order valence-electron chi connectivity index (χ3n) is 4.00. The number of hydrogen-bond acceptors (Lipinski definition) is 3. The van der Waals surface area contributed by atoms with Gasteiger partial charge in [0.15, 0.2) is 0 Å². The second-order valence-corrected chi connectivity index (χ2v) is 5.61. The maximum absolute atomic E-state index is 12.9. The number of pyridine rings is 1. The monoisotopic (exact) mass is 328 g/mol. The van der Waals surface area contributed by atoms with E-state index in [1.165, 1.54) is 23.2 Å². The van der Waals surface area contributed by atoms with Crippen LogP contribution in [0.5, 0.6) is 0 Å². The fraction of sp³-hybridized carbons (Fsp3) is 0.500. The molecule has 0 saturated heterocycles. The number of aryl methyl sites for hydroxylation is 2. The van der Waals surface area contributed by atoms with E-state index in [4.69, 9.17) is 0 Å². The molecule has 124 valence electrons. The minimum absolute atomic E-state index is 0.0418. The highest BCUT2D eigenvalue weighted by Gasteiger charge is 2.34. The first-order chi connectivity index (χ1) is 10.7. The fourth-order valence-electron chi connectivity index (χ4n) is 2.86. The number of fused-ring (bicyclic) bond motifs is 1. The molecule has 0 fully saturated rings. The van der Waals surface area contributed by atoms with Crippen molar-refractivity contribution in [3.05, 3.63) is 43.9 Å². The van der Waals surface area contributed by atoms with E-state index >= 15 is 0 Å². The number of aromatic nitrogens is 4. The van der Waals surface area contributed by atoms with Crippen LogP contribution >= 0.6 is 0 Å². The topological polar surface area (TPSA) is 61.8 Å². The first-order valence-corrected chi connectivity index (χ1v) is 7.20. The molecule has 0 spiro atoms. The van der Waals surface area contributed by atoms with Gasteiger partial charge in [0.05, 0.1) is 11.3 Å². The number of nitrogens with zero attached hydrogens (tertiary/aromatic N) is 4. The van der Waals surface area contributed by atoms with Crippen molar-refractivity contribution in [2.24, 2.45) is 0 Å². The van der Waals surface area contributed by atoms with Crippen molar-refractivity contribution in [3.8, 4) is 5.82 Å². The Morgan fingerprint density at radius 3 is 2.04 bits per heavy atom. The smallest absolute Gasteiger partial charge is 0.245 e. The molecular formula is C14H15F3N4O2. The number of alkyl halides is 3. The highest BCUT2D eigenvalue weighted by molar-refractivity contribution is 5.39. The second-order valence-electron chi connectivity index (χ2n) is 5.61. The van der Waals surface area contributed by atoms with Crippen molar-refractivity contribution in [1.29, 1.82) is 0 Å². The summed E-state index contributed by atoms with van der Waals surface area (Å²) in [6.07, 6.45) is -2.97. The standard InChI is InChI=1S/C14H15F3N4O2/c1-8-7-10(14(15,16)17)9(2)18-11(8)21-12(22)19-5-3-4-6-20(19)13(21)23/h7H,3-6H2,1-2H3. The zero-order valence-corrected chi connectivity index (χ0v) is 12.6. The van der Waals surface area contributed by atoms with Gasteiger partial charge in [-0.05, 0) is 38.3 Å². The Bertz CT molecular complexity index is 852. The minimum atomic E-state index is -4.53.